The second kappa shape index (κ2) is 16.1. The number of rotatable bonds is 0. The van der Waals surface area contributed by atoms with Crippen molar-refractivity contribution in [2.45, 2.75) is 0 Å². The minimum absolute atomic E-state index is 0. The van der Waals surface area contributed by atoms with Crippen molar-refractivity contribution >= 4 is 7.32 Å². The normalized spacial score (nSPS) is 3.86. The van der Waals surface area contributed by atoms with Crippen molar-refractivity contribution in [3.05, 3.63) is 0 Å². The van der Waals surface area contributed by atoms with Crippen molar-refractivity contribution < 1.29 is 39.3 Å². The predicted octanol–water partition coefficient (Wildman–Crippen LogP) is -5.94. The fourth-order valence-corrected chi connectivity index (χ4v) is 0. The summed E-state index contributed by atoms with van der Waals surface area (Å²) in [7, 11) is -2.67. The number of halogens is 1. The first-order valence-electron chi connectivity index (χ1n) is 0.730. The van der Waals surface area contributed by atoms with Crippen molar-refractivity contribution in [1.82, 2.24) is 6.15 Å². The molecule has 0 heterocycles. The van der Waals surface area contributed by atoms with Crippen LogP contribution in [-0.2, 0) is 19.5 Å². The molecule has 0 rings (SSSR count). The molecule has 7 heavy (non-hydrogen) atoms. The van der Waals surface area contributed by atoms with Gasteiger partial charge in [0.1, 0.15) is 0 Å². The van der Waals surface area contributed by atoms with E-state index in [4.69, 9.17) is 15.1 Å². The SMILES string of the molecule is [F-].[NH4+].[O-]B([O-])O.[Zn+2]. The van der Waals surface area contributed by atoms with Gasteiger partial charge in [-0.15, -0.1) is 0 Å². The van der Waals surface area contributed by atoms with E-state index in [0.717, 1.165) is 0 Å². The maximum atomic E-state index is 8.53. The summed E-state index contributed by atoms with van der Waals surface area (Å²) in [4.78, 5) is 0. The Bertz CT molecular complexity index is 19.7. The molecule has 0 amide bonds. The zero-order valence-electron chi connectivity index (χ0n) is 3.93. The molecule has 0 aliphatic heterocycles. The molecule has 0 bridgehead atoms. The van der Waals surface area contributed by atoms with Gasteiger partial charge in [-0.05, 0) is 0 Å². The Morgan fingerprint density at radius 2 is 1.29 bits per heavy atom. The van der Waals surface area contributed by atoms with E-state index in [2.05, 4.69) is 0 Å². The van der Waals surface area contributed by atoms with Crippen molar-refractivity contribution in [1.29, 1.82) is 0 Å². The number of hydrogen-bond donors (Lipinski definition) is 2. The average molecular weight is 162 g/mol. The summed E-state index contributed by atoms with van der Waals surface area (Å²) in [5.41, 5.74) is 0. The van der Waals surface area contributed by atoms with Gasteiger partial charge in [-0.2, -0.15) is 0 Å². The van der Waals surface area contributed by atoms with E-state index in [1.165, 1.54) is 0 Å². The van der Waals surface area contributed by atoms with E-state index in [1.54, 1.807) is 0 Å². The van der Waals surface area contributed by atoms with Gasteiger partial charge < -0.3 is 25.9 Å². The van der Waals surface area contributed by atoms with Gasteiger partial charge in [-0.3, -0.25) is 0 Å². The molecular formula is H5BFNO3Zn. The summed E-state index contributed by atoms with van der Waals surface area (Å²) in [6.45, 7) is 0. The fourth-order valence-electron chi connectivity index (χ4n) is 0. The zero-order valence-corrected chi connectivity index (χ0v) is 6.89. The largest absolute Gasteiger partial charge is 2.00 e. The number of hydrogen-bond acceptors (Lipinski definition) is 3. The van der Waals surface area contributed by atoms with E-state index in [1.807, 2.05) is 0 Å². The molecule has 0 aromatic heterocycles. The van der Waals surface area contributed by atoms with Crippen LogP contribution in [0.1, 0.15) is 0 Å². The Morgan fingerprint density at radius 3 is 1.29 bits per heavy atom. The van der Waals surface area contributed by atoms with Gasteiger partial charge in [0.05, 0.1) is 7.32 Å². The van der Waals surface area contributed by atoms with Gasteiger partial charge in [0, 0.05) is 0 Å². The Morgan fingerprint density at radius 1 is 1.29 bits per heavy atom. The maximum absolute atomic E-state index is 8.53. The van der Waals surface area contributed by atoms with E-state index >= 15 is 0 Å². The third kappa shape index (κ3) is 611. The molecule has 4 nitrogen and oxygen atoms in total. The average Bonchev–Trinajstić information content (AvgIpc) is 0.811. The molecule has 0 atom stereocenters. The van der Waals surface area contributed by atoms with Crippen LogP contribution in [0, 0.1) is 0 Å². The summed E-state index contributed by atoms with van der Waals surface area (Å²) >= 11 is 0. The summed E-state index contributed by atoms with van der Waals surface area (Å²) in [5.74, 6) is 0. The van der Waals surface area contributed by atoms with Crippen molar-refractivity contribution in [3.63, 3.8) is 0 Å². The second-order valence-electron chi connectivity index (χ2n) is 0.307. The first-order valence-corrected chi connectivity index (χ1v) is 0.730. The minimum atomic E-state index is -2.67. The van der Waals surface area contributed by atoms with E-state index in [0.29, 0.717) is 0 Å². The Hall–Kier alpha value is 0.458. The molecule has 0 aliphatic rings. The Balaban J connectivity index is -0.0000000150. The third-order valence-corrected chi connectivity index (χ3v) is 0. The van der Waals surface area contributed by atoms with Crippen LogP contribution in [0.4, 0.5) is 0 Å². The quantitative estimate of drug-likeness (QED) is 0.347. The van der Waals surface area contributed by atoms with Gasteiger partial charge in [0.25, 0.3) is 0 Å². The molecule has 7 heteroatoms. The molecule has 0 aliphatic carbocycles. The Labute approximate surface area is 53.4 Å². The van der Waals surface area contributed by atoms with Gasteiger partial charge in [-0.1, -0.05) is 0 Å². The standard InChI is InChI=1S/BHO3.FH.H3N.Zn/c2-1(3)4;;;/h2H;1H;1H3;/q-2;;;+2. The summed E-state index contributed by atoms with van der Waals surface area (Å²) in [5, 5.41) is 24.0. The van der Waals surface area contributed by atoms with Crippen LogP contribution >= 0.6 is 0 Å². The maximum Gasteiger partial charge on any atom is 2.00 e. The molecule has 0 fully saturated rings. The smallest absolute Gasteiger partial charge is 1.00 e. The molecule has 5 N–H and O–H groups in total. The van der Waals surface area contributed by atoms with Crippen LogP contribution in [0.5, 0.6) is 0 Å². The van der Waals surface area contributed by atoms with Gasteiger partial charge in [0.15, 0.2) is 0 Å². The minimum Gasteiger partial charge on any atom is -1.00 e. The monoisotopic (exact) mass is 161 g/mol. The van der Waals surface area contributed by atoms with Crippen LogP contribution < -0.4 is 20.9 Å². The van der Waals surface area contributed by atoms with Gasteiger partial charge in [-0.25, -0.2) is 0 Å². The first-order chi connectivity index (χ1) is 1.73. The number of quaternary nitrogens is 1. The van der Waals surface area contributed by atoms with Crippen LogP contribution in [0.2, 0.25) is 0 Å². The fraction of sp³-hybridized carbons (Fsp3) is 0. The first kappa shape index (κ1) is 26.0. The van der Waals surface area contributed by atoms with Crippen LogP contribution in [0.15, 0.2) is 0 Å². The van der Waals surface area contributed by atoms with E-state index in [9.17, 15) is 0 Å². The van der Waals surface area contributed by atoms with E-state index < -0.39 is 7.32 Å². The molecule has 40 valence electrons. The van der Waals surface area contributed by atoms with Crippen LogP contribution in [0.3, 0.4) is 0 Å². The van der Waals surface area contributed by atoms with Gasteiger partial charge >= 0.3 is 19.5 Å². The molecule has 0 saturated heterocycles. The third-order valence-electron chi connectivity index (χ3n) is 0. The molecule has 0 spiro atoms. The second-order valence-corrected chi connectivity index (χ2v) is 0.307. The van der Waals surface area contributed by atoms with Crippen LogP contribution in [-0.4, -0.2) is 12.3 Å². The molecular weight excluding hydrogens is 157 g/mol. The summed E-state index contributed by atoms with van der Waals surface area (Å²) < 4.78 is 0. The van der Waals surface area contributed by atoms with Crippen molar-refractivity contribution in [2.24, 2.45) is 0 Å². The zero-order chi connectivity index (χ0) is 3.58. The van der Waals surface area contributed by atoms with Crippen molar-refractivity contribution in [2.75, 3.05) is 0 Å². The molecule has 0 radical (unpaired) electrons. The van der Waals surface area contributed by atoms with Gasteiger partial charge in [0.2, 0.25) is 0 Å². The molecule has 0 aromatic rings. The van der Waals surface area contributed by atoms with Crippen molar-refractivity contribution in [3.8, 4) is 0 Å². The topological polar surface area (TPSA) is 103 Å². The van der Waals surface area contributed by atoms with Crippen LogP contribution in [0.25, 0.3) is 0 Å². The summed E-state index contributed by atoms with van der Waals surface area (Å²) in [6, 6.07) is 0. The molecule has 0 unspecified atom stereocenters. The predicted molar refractivity (Wildman–Crippen MR) is 14.0 cm³/mol. The molecule has 0 aromatic carbocycles. The summed E-state index contributed by atoms with van der Waals surface area (Å²) in [6.07, 6.45) is 0. The van der Waals surface area contributed by atoms with E-state index in [-0.39, 0.29) is 30.3 Å². The Kier molecular flexibility index (Phi) is 59.8. The molecule has 0 saturated carbocycles.